The standard InChI is InChI=1S/C27H22F3NO2/c1-15-8-13-20-16(2)26(33)31(19-11-9-18(10-12-19)27(28,29)30)25(20)24-21(15)14-22(32)23(24)17-6-4-3-5-7-17/h3-7,9-12,20,25H,2,8,13-14H2,1H3/t20-,25-/m0/s1. The molecule has 0 saturated carbocycles. The van der Waals surface area contributed by atoms with E-state index in [0.29, 0.717) is 23.3 Å². The average molecular weight is 449 g/mol. The minimum Gasteiger partial charge on any atom is -0.301 e. The molecule has 6 heteroatoms. The lowest BCUT2D eigenvalue weighted by atomic mass is 9.86. The molecule has 1 saturated heterocycles. The van der Waals surface area contributed by atoms with Crippen LogP contribution in [0.2, 0.25) is 0 Å². The van der Waals surface area contributed by atoms with Crippen LogP contribution in [0, 0.1) is 5.92 Å². The Kier molecular flexibility index (Phi) is 4.92. The molecule has 1 amide bonds. The lowest BCUT2D eigenvalue weighted by Gasteiger charge is -2.30. The fourth-order valence-electron chi connectivity index (χ4n) is 5.36. The molecule has 0 radical (unpaired) electrons. The molecule has 2 aromatic carbocycles. The molecular formula is C27H22F3NO2. The summed E-state index contributed by atoms with van der Waals surface area (Å²) in [4.78, 5) is 28.1. The molecule has 0 unspecified atom stereocenters. The number of allylic oxidation sites excluding steroid dienone is 2. The summed E-state index contributed by atoms with van der Waals surface area (Å²) < 4.78 is 39.3. The van der Waals surface area contributed by atoms with Crippen molar-refractivity contribution in [3.63, 3.8) is 0 Å². The van der Waals surface area contributed by atoms with Crippen molar-refractivity contribution < 1.29 is 22.8 Å². The fourth-order valence-corrected chi connectivity index (χ4v) is 5.36. The molecule has 0 aromatic heterocycles. The van der Waals surface area contributed by atoms with Crippen LogP contribution in [0.3, 0.4) is 0 Å². The third kappa shape index (κ3) is 3.36. The number of carbonyl (C=O) groups excluding carboxylic acids is 2. The molecule has 0 spiro atoms. The number of fused-ring (bicyclic) bond motifs is 3. The normalized spacial score (nSPS) is 23.3. The number of rotatable bonds is 2. The second kappa shape index (κ2) is 7.58. The molecule has 33 heavy (non-hydrogen) atoms. The van der Waals surface area contributed by atoms with E-state index in [-0.39, 0.29) is 24.0 Å². The van der Waals surface area contributed by atoms with Crippen LogP contribution in [0.4, 0.5) is 18.9 Å². The smallest absolute Gasteiger partial charge is 0.301 e. The summed E-state index contributed by atoms with van der Waals surface area (Å²) >= 11 is 0. The Morgan fingerprint density at radius 1 is 1.00 bits per heavy atom. The van der Waals surface area contributed by atoms with E-state index in [1.807, 2.05) is 37.3 Å². The Hall–Kier alpha value is -3.41. The van der Waals surface area contributed by atoms with E-state index in [1.165, 1.54) is 12.1 Å². The van der Waals surface area contributed by atoms with Gasteiger partial charge in [-0.3, -0.25) is 9.59 Å². The first-order valence-corrected chi connectivity index (χ1v) is 10.9. The first kappa shape index (κ1) is 21.4. The number of benzene rings is 2. The summed E-state index contributed by atoms with van der Waals surface area (Å²) in [6.45, 7) is 6.07. The van der Waals surface area contributed by atoms with Gasteiger partial charge in [-0.2, -0.15) is 13.2 Å². The quantitative estimate of drug-likeness (QED) is 0.517. The maximum absolute atomic E-state index is 13.3. The Balaban J connectivity index is 1.72. The predicted molar refractivity (Wildman–Crippen MR) is 120 cm³/mol. The molecule has 1 fully saturated rings. The summed E-state index contributed by atoms with van der Waals surface area (Å²) in [7, 11) is 0. The van der Waals surface area contributed by atoms with Crippen LogP contribution in [-0.4, -0.2) is 17.7 Å². The Morgan fingerprint density at radius 3 is 2.30 bits per heavy atom. The average Bonchev–Trinajstić information content (AvgIpc) is 3.21. The van der Waals surface area contributed by atoms with Gasteiger partial charge in [0.25, 0.3) is 5.91 Å². The Morgan fingerprint density at radius 2 is 1.67 bits per heavy atom. The number of carbonyl (C=O) groups is 2. The first-order valence-electron chi connectivity index (χ1n) is 10.9. The van der Waals surface area contributed by atoms with Crippen molar-refractivity contribution in [1.82, 2.24) is 0 Å². The molecule has 3 nitrogen and oxygen atoms in total. The summed E-state index contributed by atoms with van der Waals surface area (Å²) in [5.74, 6) is -0.515. The van der Waals surface area contributed by atoms with Crippen molar-refractivity contribution in [2.45, 2.75) is 38.4 Å². The van der Waals surface area contributed by atoms with Crippen molar-refractivity contribution in [3.8, 4) is 0 Å². The minimum absolute atomic E-state index is 0.00327. The molecule has 2 atom stereocenters. The number of hydrogen-bond donors (Lipinski definition) is 0. The monoisotopic (exact) mass is 449 g/mol. The van der Waals surface area contributed by atoms with Gasteiger partial charge < -0.3 is 4.90 Å². The molecule has 5 rings (SSSR count). The van der Waals surface area contributed by atoms with Crippen molar-refractivity contribution in [3.05, 3.63) is 94.6 Å². The van der Waals surface area contributed by atoms with Crippen LogP contribution in [0.15, 0.2) is 83.5 Å². The van der Waals surface area contributed by atoms with E-state index in [2.05, 4.69) is 6.58 Å². The maximum atomic E-state index is 13.3. The number of amides is 1. The van der Waals surface area contributed by atoms with Gasteiger partial charge in [-0.15, -0.1) is 0 Å². The van der Waals surface area contributed by atoms with Crippen LogP contribution in [0.5, 0.6) is 0 Å². The van der Waals surface area contributed by atoms with E-state index >= 15 is 0 Å². The van der Waals surface area contributed by atoms with Gasteiger partial charge in [0.05, 0.1) is 11.6 Å². The highest BCUT2D eigenvalue weighted by Crippen LogP contribution is 2.51. The lowest BCUT2D eigenvalue weighted by Crippen LogP contribution is -2.37. The van der Waals surface area contributed by atoms with Gasteiger partial charge in [0.15, 0.2) is 5.78 Å². The summed E-state index contributed by atoms with van der Waals surface area (Å²) in [6, 6.07) is 13.5. The van der Waals surface area contributed by atoms with Gasteiger partial charge in [-0.05, 0) is 60.7 Å². The van der Waals surface area contributed by atoms with Crippen LogP contribution in [-0.2, 0) is 15.8 Å². The third-order valence-corrected chi connectivity index (χ3v) is 6.99. The number of nitrogens with zero attached hydrogens (tertiary/aromatic N) is 1. The van der Waals surface area contributed by atoms with Crippen LogP contribution < -0.4 is 4.90 Å². The van der Waals surface area contributed by atoms with Crippen molar-refractivity contribution >= 4 is 23.0 Å². The zero-order valence-corrected chi connectivity index (χ0v) is 18.1. The zero-order chi connectivity index (χ0) is 23.5. The van der Waals surface area contributed by atoms with Crippen LogP contribution in [0.1, 0.15) is 37.3 Å². The van der Waals surface area contributed by atoms with Crippen molar-refractivity contribution in [1.29, 1.82) is 0 Å². The van der Waals surface area contributed by atoms with E-state index in [4.69, 9.17) is 0 Å². The second-order valence-electron chi connectivity index (χ2n) is 8.85. The van der Waals surface area contributed by atoms with Crippen molar-refractivity contribution in [2.24, 2.45) is 5.92 Å². The highest BCUT2D eigenvalue weighted by Gasteiger charge is 2.50. The number of ketones is 1. The maximum Gasteiger partial charge on any atom is 0.416 e. The minimum atomic E-state index is -4.46. The zero-order valence-electron chi connectivity index (χ0n) is 18.1. The fraction of sp³-hybridized carbons (Fsp3) is 0.259. The number of anilines is 1. The molecular weight excluding hydrogens is 427 g/mol. The third-order valence-electron chi connectivity index (χ3n) is 6.99. The molecule has 2 aromatic rings. The van der Waals surface area contributed by atoms with Gasteiger partial charge >= 0.3 is 6.18 Å². The van der Waals surface area contributed by atoms with E-state index < -0.39 is 17.8 Å². The SMILES string of the molecule is C=C1C(=O)N(c2ccc(C(F)(F)F)cc2)[C@@H]2C3=C(c4ccccc4)C(=O)CC3=C(C)CC[C@@H]12. The highest BCUT2D eigenvalue weighted by molar-refractivity contribution is 6.27. The van der Waals surface area contributed by atoms with E-state index in [9.17, 15) is 22.8 Å². The summed E-state index contributed by atoms with van der Waals surface area (Å²) in [5, 5.41) is 0. The molecule has 0 N–H and O–H groups in total. The predicted octanol–water partition coefficient (Wildman–Crippen LogP) is 6.13. The Labute approximate surface area is 189 Å². The van der Waals surface area contributed by atoms with Gasteiger partial charge in [0.1, 0.15) is 0 Å². The van der Waals surface area contributed by atoms with Crippen molar-refractivity contribution in [2.75, 3.05) is 4.90 Å². The molecule has 1 heterocycles. The van der Waals surface area contributed by atoms with Crippen LogP contribution in [0.25, 0.3) is 5.57 Å². The van der Waals surface area contributed by atoms with Gasteiger partial charge in [-0.25, -0.2) is 0 Å². The molecule has 0 bridgehead atoms. The summed E-state index contributed by atoms with van der Waals surface area (Å²) in [6.07, 6.45) is -2.75. The largest absolute Gasteiger partial charge is 0.416 e. The molecule has 3 aliphatic rings. The second-order valence-corrected chi connectivity index (χ2v) is 8.85. The van der Waals surface area contributed by atoms with E-state index in [0.717, 1.165) is 40.8 Å². The number of alkyl halides is 3. The number of hydrogen-bond acceptors (Lipinski definition) is 2. The van der Waals surface area contributed by atoms with Gasteiger partial charge in [0.2, 0.25) is 0 Å². The van der Waals surface area contributed by atoms with Gasteiger partial charge in [0, 0.05) is 29.2 Å². The highest BCUT2D eigenvalue weighted by atomic mass is 19.4. The Bertz CT molecular complexity index is 1240. The molecule has 1 aliphatic heterocycles. The van der Waals surface area contributed by atoms with Crippen LogP contribution >= 0.6 is 0 Å². The first-order chi connectivity index (χ1) is 15.7. The lowest BCUT2D eigenvalue weighted by molar-refractivity contribution is -0.137. The number of halogens is 3. The number of Topliss-reactive ketones (excluding diaryl/α,β-unsaturated/α-hetero) is 1. The molecule has 2 aliphatic carbocycles. The molecule has 168 valence electrons. The topological polar surface area (TPSA) is 37.4 Å². The van der Waals surface area contributed by atoms with E-state index in [1.54, 1.807) is 4.90 Å². The van der Waals surface area contributed by atoms with Gasteiger partial charge in [-0.1, -0.05) is 42.5 Å². The summed E-state index contributed by atoms with van der Waals surface area (Å²) in [5.41, 5.74) is 4.31.